The second-order valence-corrected chi connectivity index (χ2v) is 2.30. The van der Waals surface area contributed by atoms with Crippen molar-refractivity contribution >= 4 is 11.9 Å². The van der Waals surface area contributed by atoms with E-state index in [-0.39, 0.29) is 13.2 Å². The van der Waals surface area contributed by atoms with Gasteiger partial charge in [0, 0.05) is 6.61 Å². The number of hydrogen-bond donors (Lipinski definition) is 1. The average Bonchev–Trinajstić information content (AvgIpc) is 2.05. The Morgan fingerprint density at radius 2 is 1.92 bits per heavy atom. The Bertz CT molecular complexity index is 177. The van der Waals surface area contributed by atoms with E-state index in [9.17, 15) is 9.59 Å². The van der Waals surface area contributed by atoms with Crippen molar-refractivity contribution in [2.24, 2.45) is 5.92 Å². The van der Waals surface area contributed by atoms with Crippen molar-refractivity contribution in [3.05, 3.63) is 0 Å². The van der Waals surface area contributed by atoms with Crippen LogP contribution in [0.5, 0.6) is 0 Å². The van der Waals surface area contributed by atoms with Crippen LogP contribution in [0.25, 0.3) is 0 Å². The summed E-state index contributed by atoms with van der Waals surface area (Å²) < 4.78 is 9.41. The summed E-state index contributed by atoms with van der Waals surface area (Å²) in [5.41, 5.74) is 0. The molecular formula is C8H14O5. The molecule has 1 atom stereocenters. The van der Waals surface area contributed by atoms with Crippen LogP contribution in [0.15, 0.2) is 0 Å². The summed E-state index contributed by atoms with van der Waals surface area (Å²) in [5.74, 6) is -3.17. The standard InChI is InChI=1S/C8H14O5/c1-3-12-5-6(7(9)10)8(11)13-4-2/h6H,3-5H2,1-2H3,(H,9,10). The highest BCUT2D eigenvalue weighted by atomic mass is 16.5. The van der Waals surface area contributed by atoms with Crippen molar-refractivity contribution in [2.75, 3.05) is 19.8 Å². The maximum atomic E-state index is 11.0. The minimum absolute atomic E-state index is 0.134. The third kappa shape index (κ3) is 4.47. The monoisotopic (exact) mass is 190 g/mol. The van der Waals surface area contributed by atoms with Crippen LogP contribution >= 0.6 is 0 Å². The van der Waals surface area contributed by atoms with Gasteiger partial charge in [-0.3, -0.25) is 9.59 Å². The Morgan fingerprint density at radius 3 is 2.31 bits per heavy atom. The number of carboxylic acid groups (broad SMARTS) is 1. The highest BCUT2D eigenvalue weighted by molar-refractivity contribution is 5.94. The third-order valence-electron chi connectivity index (χ3n) is 1.36. The SMILES string of the molecule is CCOCC(C(=O)O)C(=O)OCC. The zero-order chi connectivity index (χ0) is 10.3. The minimum atomic E-state index is -1.22. The molecule has 5 nitrogen and oxygen atoms in total. The van der Waals surface area contributed by atoms with Gasteiger partial charge in [-0.25, -0.2) is 0 Å². The topological polar surface area (TPSA) is 72.8 Å². The van der Waals surface area contributed by atoms with E-state index in [0.29, 0.717) is 6.61 Å². The van der Waals surface area contributed by atoms with Gasteiger partial charge in [-0.2, -0.15) is 0 Å². The van der Waals surface area contributed by atoms with Crippen LogP contribution in [-0.2, 0) is 19.1 Å². The van der Waals surface area contributed by atoms with Crippen LogP contribution in [0.3, 0.4) is 0 Å². The van der Waals surface area contributed by atoms with Crippen LogP contribution in [0.1, 0.15) is 13.8 Å². The maximum Gasteiger partial charge on any atom is 0.322 e. The van der Waals surface area contributed by atoms with E-state index in [1.54, 1.807) is 13.8 Å². The Kier molecular flexibility index (Phi) is 5.88. The molecule has 5 heteroatoms. The lowest BCUT2D eigenvalue weighted by molar-refractivity contribution is -0.161. The molecule has 0 aliphatic rings. The molecule has 0 rings (SSSR count). The summed E-state index contributed by atoms with van der Waals surface area (Å²) in [6.07, 6.45) is 0. The second-order valence-electron chi connectivity index (χ2n) is 2.30. The van der Waals surface area contributed by atoms with Gasteiger partial charge in [-0.05, 0) is 13.8 Å². The van der Waals surface area contributed by atoms with Gasteiger partial charge in [0.1, 0.15) is 0 Å². The van der Waals surface area contributed by atoms with Crippen molar-refractivity contribution in [1.29, 1.82) is 0 Å². The highest BCUT2D eigenvalue weighted by Gasteiger charge is 2.27. The molecule has 0 bridgehead atoms. The number of esters is 1. The molecular weight excluding hydrogens is 176 g/mol. The molecule has 0 fully saturated rings. The Balaban J connectivity index is 4.07. The Morgan fingerprint density at radius 1 is 1.31 bits per heavy atom. The molecule has 0 aliphatic carbocycles. The van der Waals surface area contributed by atoms with Gasteiger partial charge in [-0.1, -0.05) is 0 Å². The number of rotatable bonds is 6. The predicted octanol–water partition coefficient (Wildman–Crippen LogP) is 0.287. The van der Waals surface area contributed by atoms with E-state index in [1.165, 1.54) is 0 Å². The van der Waals surface area contributed by atoms with E-state index in [2.05, 4.69) is 4.74 Å². The molecule has 0 aromatic rings. The quantitative estimate of drug-likeness (QED) is 0.481. The first-order valence-electron chi connectivity index (χ1n) is 4.10. The van der Waals surface area contributed by atoms with Gasteiger partial charge in [-0.15, -0.1) is 0 Å². The Labute approximate surface area is 76.6 Å². The number of carbonyl (C=O) groups excluding carboxylic acids is 1. The summed E-state index contributed by atoms with van der Waals surface area (Å²) in [6, 6.07) is 0. The van der Waals surface area contributed by atoms with Crippen molar-refractivity contribution < 1.29 is 24.2 Å². The fraction of sp³-hybridized carbons (Fsp3) is 0.750. The molecule has 0 heterocycles. The summed E-state index contributed by atoms with van der Waals surface area (Å²) in [4.78, 5) is 21.5. The molecule has 0 spiro atoms. The first kappa shape index (κ1) is 11.9. The summed E-state index contributed by atoms with van der Waals surface area (Å²) in [5, 5.41) is 8.62. The van der Waals surface area contributed by atoms with Crippen molar-refractivity contribution in [1.82, 2.24) is 0 Å². The number of hydrogen-bond acceptors (Lipinski definition) is 4. The van der Waals surface area contributed by atoms with Gasteiger partial charge in [0.05, 0.1) is 13.2 Å². The van der Waals surface area contributed by atoms with E-state index in [1.807, 2.05) is 0 Å². The van der Waals surface area contributed by atoms with Gasteiger partial charge >= 0.3 is 11.9 Å². The van der Waals surface area contributed by atoms with Crippen LogP contribution in [-0.4, -0.2) is 36.9 Å². The molecule has 0 aliphatic heterocycles. The van der Waals surface area contributed by atoms with Crippen LogP contribution in [0.4, 0.5) is 0 Å². The second kappa shape index (κ2) is 6.42. The number of aliphatic carboxylic acids is 1. The van der Waals surface area contributed by atoms with Crippen molar-refractivity contribution in [3.63, 3.8) is 0 Å². The highest BCUT2D eigenvalue weighted by Crippen LogP contribution is 2.01. The molecule has 0 aromatic carbocycles. The predicted molar refractivity (Wildman–Crippen MR) is 44.3 cm³/mol. The number of ether oxygens (including phenoxy) is 2. The lowest BCUT2D eigenvalue weighted by atomic mass is 10.2. The van der Waals surface area contributed by atoms with Crippen LogP contribution < -0.4 is 0 Å². The van der Waals surface area contributed by atoms with E-state index in [4.69, 9.17) is 9.84 Å². The average molecular weight is 190 g/mol. The maximum absolute atomic E-state index is 11.0. The molecule has 13 heavy (non-hydrogen) atoms. The summed E-state index contributed by atoms with van der Waals surface area (Å²) in [7, 11) is 0. The van der Waals surface area contributed by atoms with Gasteiger partial charge in [0.15, 0.2) is 5.92 Å². The zero-order valence-electron chi connectivity index (χ0n) is 7.78. The van der Waals surface area contributed by atoms with Crippen molar-refractivity contribution in [3.8, 4) is 0 Å². The van der Waals surface area contributed by atoms with Crippen molar-refractivity contribution in [2.45, 2.75) is 13.8 Å². The van der Waals surface area contributed by atoms with E-state index < -0.39 is 17.9 Å². The largest absolute Gasteiger partial charge is 0.481 e. The molecule has 0 saturated heterocycles. The fourth-order valence-electron chi connectivity index (χ4n) is 0.719. The third-order valence-corrected chi connectivity index (χ3v) is 1.36. The van der Waals surface area contributed by atoms with Gasteiger partial charge in [0.25, 0.3) is 0 Å². The molecule has 0 amide bonds. The summed E-state index contributed by atoms with van der Waals surface area (Å²) >= 11 is 0. The van der Waals surface area contributed by atoms with Gasteiger partial charge in [0.2, 0.25) is 0 Å². The Hall–Kier alpha value is -1.10. The first-order valence-corrected chi connectivity index (χ1v) is 4.10. The fourth-order valence-corrected chi connectivity index (χ4v) is 0.719. The lowest BCUT2D eigenvalue weighted by Crippen LogP contribution is -2.30. The normalized spacial score (nSPS) is 12.2. The van der Waals surface area contributed by atoms with E-state index >= 15 is 0 Å². The van der Waals surface area contributed by atoms with Crippen LogP contribution in [0.2, 0.25) is 0 Å². The molecule has 1 N–H and O–H groups in total. The molecule has 0 radical (unpaired) electrons. The smallest absolute Gasteiger partial charge is 0.322 e. The number of carboxylic acids is 1. The zero-order valence-corrected chi connectivity index (χ0v) is 7.78. The minimum Gasteiger partial charge on any atom is -0.481 e. The van der Waals surface area contributed by atoms with E-state index in [0.717, 1.165) is 0 Å². The van der Waals surface area contributed by atoms with Crippen LogP contribution in [0, 0.1) is 5.92 Å². The first-order chi connectivity index (χ1) is 6.13. The molecule has 76 valence electrons. The lowest BCUT2D eigenvalue weighted by Gasteiger charge is -2.10. The van der Waals surface area contributed by atoms with Gasteiger partial charge < -0.3 is 14.6 Å². The summed E-state index contributed by atoms with van der Waals surface area (Å²) in [6.45, 7) is 3.77. The number of carbonyl (C=O) groups is 2. The molecule has 0 aromatic heterocycles. The molecule has 1 unspecified atom stereocenters. The molecule has 0 saturated carbocycles.